The Morgan fingerprint density at radius 3 is 2.21 bits per heavy atom. The Balaban J connectivity index is 1.81. The van der Waals surface area contributed by atoms with Crippen molar-refractivity contribution in [2.24, 2.45) is 0 Å². The van der Waals surface area contributed by atoms with Gasteiger partial charge in [0.05, 0.1) is 13.0 Å². The second-order valence-electron chi connectivity index (χ2n) is 6.23. The molecular formula is C18H27N3O3. The van der Waals surface area contributed by atoms with E-state index in [0.29, 0.717) is 39.2 Å². The first-order valence-corrected chi connectivity index (χ1v) is 8.54. The maximum absolute atomic E-state index is 12.4. The maximum atomic E-state index is 12.4. The van der Waals surface area contributed by atoms with E-state index in [2.05, 4.69) is 5.32 Å². The van der Waals surface area contributed by atoms with Crippen LogP contribution in [0.2, 0.25) is 0 Å². The van der Waals surface area contributed by atoms with Gasteiger partial charge in [-0.1, -0.05) is 12.1 Å². The highest BCUT2D eigenvalue weighted by Gasteiger charge is 2.24. The zero-order valence-electron chi connectivity index (χ0n) is 14.7. The summed E-state index contributed by atoms with van der Waals surface area (Å²) in [6, 6.07) is 7.70. The number of benzene rings is 1. The van der Waals surface area contributed by atoms with Gasteiger partial charge >= 0.3 is 6.03 Å². The number of nitrogens with zero attached hydrogens (tertiary/aromatic N) is 2. The van der Waals surface area contributed by atoms with Crippen molar-refractivity contribution in [3.05, 3.63) is 29.8 Å². The zero-order chi connectivity index (χ0) is 17.5. The van der Waals surface area contributed by atoms with Gasteiger partial charge in [0, 0.05) is 32.2 Å². The third-order valence-electron chi connectivity index (χ3n) is 3.92. The molecule has 1 N–H and O–H groups in total. The van der Waals surface area contributed by atoms with Crippen LogP contribution in [-0.2, 0) is 11.2 Å². The molecule has 1 aliphatic rings. The molecule has 0 aromatic heterocycles. The molecule has 2 rings (SSSR count). The van der Waals surface area contributed by atoms with Gasteiger partial charge in [-0.3, -0.25) is 4.79 Å². The smallest absolute Gasteiger partial charge is 0.317 e. The quantitative estimate of drug-likeness (QED) is 0.895. The van der Waals surface area contributed by atoms with Crippen molar-refractivity contribution in [1.82, 2.24) is 15.1 Å². The van der Waals surface area contributed by atoms with Crippen LogP contribution in [-0.4, -0.2) is 60.6 Å². The van der Waals surface area contributed by atoms with Crippen molar-refractivity contribution in [2.45, 2.75) is 33.2 Å². The highest BCUT2D eigenvalue weighted by atomic mass is 16.5. The fraction of sp³-hybridized carbons (Fsp3) is 0.556. The predicted molar refractivity (Wildman–Crippen MR) is 93.1 cm³/mol. The van der Waals surface area contributed by atoms with Crippen LogP contribution in [0.25, 0.3) is 0 Å². The van der Waals surface area contributed by atoms with E-state index >= 15 is 0 Å². The second-order valence-corrected chi connectivity index (χ2v) is 6.23. The van der Waals surface area contributed by atoms with Crippen LogP contribution in [0.5, 0.6) is 5.75 Å². The van der Waals surface area contributed by atoms with Crippen molar-refractivity contribution in [2.75, 3.05) is 32.8 Å². The normalized spacial score (nSPS) is 14.7. The largest absolute Gasteiger partial charge is 0.494 e. The van der Waals surface area contributed by atoms with E-state index in [1.807, 2.05) is 49.9 Å². The lowest BCUT2D eigenvalue weighted by Crippen LogP contribution is -2.54. The second kappa shape index (κ2) is 8.57. The number of carbonyl (C=O) groups excluding carboxylic acids is 2. The first-order chi connectivity index (χ1) is 11.5. The molecule has 1 aromatic carbocycles. The topological polar surface area (TPSA) is 61.9 Å². The minimum Gasteiger partial charge on any atom is -0.494 e. The molecule has 24 heavy (non-hydrogen) atoms. The highest BCUT2D eigenvalue weighted by molar-refractivity contribution is 5.79. The van der Waals surface area contributed by atoms with Crippen molar-refractivity contribution < 1.29 is 14.3 Å². The molecule has 1 fully saturated rings. The number of nitrogens with one attached hydrogen (secondary N) is 1. The summed E-state index contributed by atoms with van der Waals surface area (Å²) in [5, 5.41) is 2.88. The van der Waals surface area contributed by atoms with Crippen LogP contribution in [0, 0.1) is 0 Å². The van der Waals surface area contributed by atoms with E-state index in [0.717, 1.165) is 11.3 Å². The Kier molecular flexibility index (Phi) is 6.46. The van der Waals surface area contributed by atoms with E-state index in [9.17, 15) is 9.59 Å². The molecule has 0 radical (unpaired) electrons. The third kappa shape index (κ3) is 5.15. The molecule has 6 heteroatoms. The SMILES string of the molecule is CCOc1ccc(CC(=O)N2CCN(C(=O)NC(C)C)CC2)cc1. The molecule has 0 saturated carbocycles. The minimum atomic E-state index is -0.0522. The third-order valence-corrected chi connectivity index (χ3v) is 3.92. The average Bonchev–Trinajstić information content (AvgIpc) is 2.56. The highest BCUT2D eigenvalue weighted by Crippen LogP contribution is 2.14. The maximum Gasteiger partial charge on any atom is 0.317 e. The number of hydrogen-bond donors (Lipinski definition) is 1. The van der Waals surface area contributed by atoms with Crippen molar-refractivity contribution >= 4 is 11.9 Å². The molecule has 1 heterocycles. The van der Waals surface area contributed by atoms with E-state index < -0.39 is 0 Å². The van der Waals surface area contributed by atoms with Crippen LogP contribution >= 0.6 is 0 Å². The monoisotopic (exact) mass is 333 g/mol. The summed E-state index contributed by atoms with van der Waals surface area (Å²) in [6.07, 6.45) is 0.380. The van der Waals surface area contributed by atoms with Gasteiger partial charge in [0.15, 0.2) is 0 Å². The summed E-state index contributed by atoms with van der Waals surface area (Å²) in [4.78, 5) is 28.0. The first kappa shape index (κ1) is 18.1. The van der Waals surface area contributed by atoms with Crippen molar-refractivity contribution in [3.8, 4) is 5.75 Å². The number of rotatable bonds is 5. The summed E-state index contributed by atoms with van der Waals surface area (Å²) in [5.74, 6) is 0.918. The van der Waals surface area contributed by atoms with Crippen molar-refractivity contribution in [1.29, 1.82) is 0 Å². The molecule has 0 spiro atoms. The molecule has 6 nitrogen and oxygen atoms in total. The van der Waals surface area contributed by atoms with Gasteiger partial charge in [0.1, 0.15) is 5.75 Å². The fourth-order valence-electron chi connectivity index (χ4n) is 2.65. The molecule has 1 saturated heterocycles. The van der Waals surface area contributed by atoms with E-state index in [4.69, 9.17) is 4.74 Å². The Bertz CT molecular complexity index is 549. The molecule has 132 valence electrons. The molecule has 1 aliphatic heterocycles. The van der Waals surface area contributed by atoms with Crippen LogP contribution in [0.15, 0.2) is 24.3 Å². The first-order valence-electron chi connectivity index (χ1n) is 8.54. The van der Waals surface area contributed by atoms with Gasteiger partial charge in [-0.05, 0) is 38.5 Å². The summed E-state index contributed by atoms with van der Waals surface area (Å²) in [7, 11) is 0. The molecular weight excluding hydrogens is 306 g/mol. The number of urea groups is 1. The Labute approximate surface area is 143 Å². The standard InChI is InChI=1S/C18H27N3O3/c1-4-24-16-7-5-15(6-8-16)13-17(22)20-9-11-21(12-10-20)18(23)19-14(2)3/h5-8,14H,4,9-13H2,1-3H3,(H,19,23). The Hall–Kier alpha value is -2.24. The predicted octanol–water partition coefficient (Wildman–Crippen LogP) is 1.89. The Morgan fingerprint density at radius 1 is 1.08 bits per heavy atom. The minimum absolute atomic E-state index is 0.0522. The summed E-state index contributed by atoms with van der Waals surface area (Å²) in [6.45, 7) is 8.78. The van der Waals surface area contributed by atoms with Gasteiger partial charge in [0.25, 0.3) is 0 Å². The lowest BCUT2D eigenvalue weighted by Gasteiger charge is -2.35. The number of carbonyl (C=O) groups is 2. The lowest BCUT2D eigenvalue weighted by molar-refractivity contribution is -0.131. The molecule has 0 atom stereocenters. The molecule has 0 unspecified atom stereocenters. The average molecular weight is 333 g/mol. The summed E-state index contributed by atoms with van der Waals surface area (Å²) < 4.78 is 5.40. The van der Waals surface area contributed by atoms with Gasteiger partial charge in [-0.15, -0.1) is 0 Å². The molecule has 0 bridgehead atoms. The summed E-state index contributed by atoms with van der Waals surface area (Å²) in [5.41, 5.74) is 0.975. The van der Waals surface area contributed by atoms with Crippen LogP contribution in [0.3, 0.4) is 0 Å². The van der Waals surface area contributed by atoms with Crippen molar-refractivity contribution in [3.63, 3.8) is 0 Å². The number of hydrogen-bond acceptors (Lipinski definition) is 3. The van der Waals surface area contributed by atoms with Crippen LogP contribution in [0.1, 0.15) is 26.3 Å². The zero-order valence-corrected chi connectivity index (χ0v) is 14.7. The van der Waals surface area contributed by atoms with E-state index in [1.54, 1.807) is 4.90 Å². The van der Waals surface area contributed by atoms with Gasteiger partial charge in [-0.2, -0.15) is 0 Å². The van der Waals surface area contributed by atoms with Gasteiger partial charge in [-0.25, -0.2) is 4.79 Å². The van der Waals surface area contributed by atoms with Gasteiger partial charge in [0.2, 0.25) is 5.91 Å². The van der Waals surface area contributed by atoms with E-state index in [-0.39, 0.29) is 18.0 Å². The fourth-order valence-corrected chi connectivity index (χ4v) is 2.65. The molecule has 0 aliphatic carbocycles. The summed E-state index contributed by atoms with van der Waals surface area (Å²) >= 11 is 0. The van der Waals surface area contributed by atoms with Gasteiger partial charge < -0.3 is 19.9 Å². The van der Waals surface area contributed by atoms with E-state index in [1.165, 1.54) is 0 Å². The number of piperazine rings is 1. The lowest BCUT2D eigenvalue weighted by atomic mass is 10.1. The molecule has 3 amide bonds. The Morgan fingerprint density at radius 2 is 1.67 bits per heavy atom. The number of ether oxygens (including phenoxy) is 1. The molecule has 1 aromatic rings. The van der Waals surface area contributed by atoms with Crippen LogP contribution in [0.4, 0.5) is 4.79 Å². The van der Waals surface area contributed by atoms with Crippen LogP contribution < -0.4 is 10.1 Å². The number of amides is 3.